The number of nitrogens with zero attached hydrogens (tertiary/aromatic N) is 4. The van der Waals surface area contributed by atoms with E-state index in [-0.39, 0.29) is 12.5 Å². The minimum absolute atomic E-state index is 0.111. The second kappa shape index (κ2) is 11.9. The number of methoxy groups -OCH3 is 2. The van der Waals surface area contributed by atoms with Gasteiger partial charge >= 0.3 is 0 Å². The average molecular weight is 589 g/mol. The van der Waals surface area contributed by atoms with E-state index in [1.807, 2.05) is 52.5 Å². The topological polar surface area (TPSA) is 87.9 Å². The number of aryl methyl sites for hydroxylation is 1. The van der Waals surface area contributed by atoms with E-state index in [0.29, 0.717) is 37.0 Å². The van der Waals surface area contributed by atoms with Crippen LogP contribution >= 0.6 is 11.3 Å². The molecule has 42 heavy (non-hydrogen) atoms. The van der Waals surface area contributed by atoms with E-state index in [2.05, 4.69) is 18.2 Å². The molecule has 10 heteroatoms. The fourth-order valence-corrected chi connectivity index (χ4v) is 6.27. The van der Waals surface area contributed by atoms with E-state index in [0.717, 1.165) is 65.2 Å². The van der Waals surface area contributed by atoms with E-state index >= 15 is 0 Å². The van der Waals surface area contributed by atoms with Gasteiger partial charge < -0.3 is 23.8 Å². The first-order valence-electron chi connectivity index (χ1n) is 14.2. The zero-order valence-corrected chi connectivity index (χ0v) is 25.3. The molecule has 0 bridgehead atoms. The lowest BCUT2D eigenvalue weighted by molar-refractivity contribution is -0.0374. The van der Waals surface area contributed by atoms with Crippen molar-refractivity contribution in [3.63, 3.8) is 0 Å². The highest BCUT2D eigenvalue weighted by molar-refractivity contribution is 7.08. The van der Waals surface area contributed by atoms with Crippen LogP contribution in [0, 0.1) is 0 Å². The van der Waals surface area contributed by atoms with Crippen LogP contribution in [-0.2, 0) is 22.5 Å². The molecule has 1 amide bonds. The SMILES string of the molecule is COCCCCc1ccc(-c2cc3c(cc2OC)OCc2c(C(=O)N4CCOCC4(C)C)nn(-c4ccsc4)c2-3)cn1. The summed E-state index contributed by atoms with van der Waals surface area (Å²) in [6, 6.07) is 10.2. The number of pyridine rings is 1. The van der Waals surface area contributed by atoms with Gasteiger partial charge in [-0.2, -0.15) is 16.4 Å². The second-order valence-electron chi connectivity index (χ2n) is 11.2. The van der Waals surface area contributed by atoms with Crippen LogP contribution in [0.1, 0.15) is 48.4 Å². The quantitative estimate of drug-likeness (QED) is 0.229. The average Bonchev–Trinajstić information content (AvgIpc) is 3.67. The Morgan fingerprint density at radius 3 is 2.74 bits per heavy atom. The molecule has 0 unspecified atom stereocenters. The molecule has 0 radical (unpaired) electrons. The van der Waals surface area contributed by atoms with Crippen molar-refractivity contribution in [3.8, 4) is 39.6 Å². The molecule has 1 saturated heterocycles. The Kier molecular flexibility index (Phi) is 8.02. The number of benzene rings is 1. The van der Waals surface area contributed by atoms with Crippen LogP contribution in [0.15, 0.2) is 47.3 Å². The minimum atomic E-state index is -0.439. The molecule has 4 aromatic rings. The first kappa shape index (κ1) is 28.4. The summed E-state index contributed by atoms with van der Waals surface area (Å²) in [5.74, 6) is 1.27. The van der Waals surface area contributed by atoms with E-state index in [4.69, 9.17) is 29.0 Å². The van der Waals surface area contributed by atoms with Crippen LogP contribution in [0.4, 0.5) is 0 Å². The maximum Gasteiger partial charge on any atom is 0.275 e. The molecule has 220 valence electrons. The Labute approximate surface area is 250 Å². The lowest BCUT2D eigenvalue weighted by atomic mass is 9.95. The standard InChI is InChI=1S/C32H36N4O5S/c1-32(2)20-40-13-11-35(32)31(37)29-26-18-41-28-16-27(39-4)24(21-8-9-22(33-17-21)7-5-6-12-38-3)15-25(28)30(26)36(34-29)23-10-14-42-19-23/h8-10,14-17,19H,5-7,11-13,18,20H2,1-4H3. The van der Waals surface area contributed by atoms with Crippen molar-refractivity contribution in [2.24, 2.45) is 0 Å². The molecule has 9 nitrogen and oxygen atoms in total. The fourth-order valence-electron chi connectivity index (χ4n) is 5.66. The van der Waals surface area contributed by atoms with Gasteiger partial charge in [-0.25, -0.2) is 4.68 Å². The molecule has 0 N–H and O–H groups in total. The summed E-state index contributed by atoms with van der Waals surface area (Å²) in [4.78, 5) is 20.6. The molecule has 0 saturated carbocycles. The summed E-state index contributed by atoms with van der Waals surface area (Å²) < 4.78 is 24.8. The third-order valence-electron chi connectivity index (χ3n) is 7.92. The number of amides is 1. The Morgan fingerprint density at radius 2 is 2.02 bits per heavy atom. The van der Waals surface area contributed by atoms with E-state index < -0.39 is 5.54 Å². The van der Waals surface area contributed by atoms with Crippen molar-refractivity contribution < 1.29 is 23.7 Å². The molecular formula is C32H36N4O5S. The first-order chi connectivity index (χ1) is 20.4. The largest absolute Gasteiger partial charge is 0.496 e. The number of aromatic nitrogens is 3. The molecule has 2 aliphatic heterocycles. The number of unbranched alkanes of at least 4 members (excludes halogenated alkanes) is 1. The Morgan fingerprint density at radius 1 is 1.14 bits per heavy atom. The number of carbonyl (C=O) groups excluding carboxylic acids is 1. The van der Waals surface area contributed by atoms with Crippen LogP contribution in [0.3, 0.4) is 0 Å². The molecule has 2 aliphatic rings. The highest BCUT2D eigenvalue weighted by Crippen LogP contribution is 2.46. The molecule has 0 spiro atoms. The Bertz CT molecular complexity index is 1560. The predicted molar refractivity (Wildman–Crippen MR) is 162 cm³/mol. The molecule has 5 heterocycles. The van der Waals surface area contributed by atoms with Gasteiger partial charge in [-0.1, -0.05) is 6.07 Å². The van der Waals surface area contributed by atoms with Gasteiger partial charge in [0.1, 0.15) is 18.1 Å². The molecule has 0 atom stereocenters. The van der Waals surface area contributed by atoms with Crippen molar-refractivity contribution in [1.82, 2.24) is 19.7 Å². The van der Waals surface area contributed by atoms with Crippen molar-refractivity contribution in [1.29, 1.82) is 0 Å². The minimum Gasteiger partial charge on any atom is -0.496 e. The number of hydrogen-bond acceptors (Lipinski definition) is 8. The number of rotatable bonds is 9. The van der Waals surface area contributed by atoms with Gasteiger partial charge in [-0.15, -0.1) is 0 Å². The summed E-state index contributed by atoms with van der Waals surface area (Å²) in [6.07, 6.45) is 4.83. The number of fused-ring (bicyclic) bond motifs is 3. The predicted octanol–water partition coefficient (Wildman–Crippen LogP) is 5.78. The van der Waals surface area contributed by atoms with E-state index in [1.165, 1.54) is 0 Å². The van der Waals surface area contributed by atoms with Gasteiger partial charge in [0.15, 0.2) is 5.69 Å². The molecule has 3 aromatic heterocycles. The Balaban J connectivity index is 1.43. The molecule has 6 rings (SSSR count). The highest BCUT2D eigenvalue weighted by Gasteiger charge is 2.39. The summed E-state index contributed by atoms with van der Waals surface area (Å²) in [5, 5.41) is 8.98. The lowest BCUT2D eigenvalue weighted by Crippen LogP contribution is -2.55. The highest BCUT2D eigenvalue weighted by atomic mass is 32.1. The van der Waals surface area contributed by atoms with Crippen LogP contribution < -0.4 is 9.47 Å². The number of morpholine rings is 1. The van der Waals surface area contributed by atoms with Crippen LogP contribution in [0.5, 0.6) is 11.5 Å². The molecule has 1 fully saturated rings. The Hall–Kier alpha value is -3.73. The zero-order valence-electron chi connectivity index (χ0n) is 24.5. The third kappa shape index (κ3) is 5.30. The monoisotopic (exact) mass is 588 g/mol. The van der Waals surface area contributed by atoms with Crippen molar-refractivity contribution in [3.05, 3.63) is 64.2 Å². The van der Waals surface area contributed by atoms with Gasteiger partial charge in [-0.3, -0.25) is 9.78 Å². The number of thiophene rings is 1. The van der Waals surface area contributed by atoms with Gasteiger partial charge in [0.25, 0.3) is 5.91 Å². The van der Waals surface area contributed by atoms with Crippen LogP contribution in [0.2, 0.25) is 0 Å². The lowest BCUT2D eigenvalue weighted by Gasteiger charge is -2.41. The normalized spacial score (nSPS) is 15.6. The van der Waals surface area contributed by atoms with Crippen molar-refractivity contribution >= 4 is 17.2 Å². The van der Waals surface area contributed by atoms with Gasteiger partial charge in [0.2, 0.25) is 0 Å². The number of hydrogen-bond donors (Lipinski definition) is 0. The van der Waals surface area contributed by atoms with Crippen LogP contribution in [0.25, 0.3) is 28.1 Å². The van der Waals surface area contributed by atoms with Crippen molar-refractivity contribution in [2.75, 3.05) is 40.6 Å². The summed E-state index contributed by atoms with van der Waals surface area (Å²) in [6.45, 7) is 6.54. The van der Waals surface area contributed by atoms with E-state index in [9.17, 15) is 4.79 Å². The maximum absolute atomic E-state index is 14.0. The smallest absolute Gasteiger partial charge is 0.275 e. The zero-order chi connectivity index (χ0) is 29.3. The van der Waals surface area contributed by atoms with E-state index in [1.54, 1.807) is 25.6 Å². The number of carbonyl (C=O) groups is 1. The third-order valence-corrected chi connectivity index (χ3v) is 8.59. The summed E-state index contributed by atoms with van der Waals surface area (Å²) in [5.41, 5.74) is 6.25. The second-order valence-corrected chi connectivity index (χ2v) is 12.0. The maximum atomic E-state index is 14.0. The van der Waals surface area contributed by atoms with Crippen molar-refractivity contribution in [2.45, 2.75) is 45.3 Å². The van der Waals surface area contributed by atoms with Gasteiger partial charge in [0, 0.05) is 65.9 Å². The van der Waals surface area contributed by atoms with Crippen LogP contribution in [-0.4, -0.2) is 71.7 Å². The van der Waals surface area contributed by atoms with Gasteiger partial charge in [0.05, 0.1) is 37.2 Å². The van der Waals surface area contributed by atoms with Gasteiger partial charge in [-0.05, 0) is 56.7 Å². The summed E-state index contributed by atoms with van der Waals surface area (Å²) >= 11 is 1.59. The molecule has 0 aliphatic carbocycles. The first-order valence-corrected chi connectivity index (χ1v) is 15.2. The summed E-state index contributed by atoms with van der Waals surface area (Å²) in [7, 11) is 3.39. The number of ether oxygens (including phenoxy) is 4. The molecular weight excluding hydrogens is 552 g/mol. The molecule has 1 aromatic carbocycles. The fraction of sp³-hybridized carbons (Fsp3) is 0.406.